The smallest absolute Gasteiger partial charge is 0.255 e. The van der Waals surface area contributed by atoms with Crippen LogP contribution in [0, 0.1) is 0 Å². The fraction of sp³-hybridized carbons (Fsp3) is 0.381. The standard InChI is InChI=1S/C21H24Cl2N2O4/c1-3-8-29-20-16(23)11-14(12-19(20)27-2)21(26)24-17-13-15(22)4-5-18(17)25-6-9-28-10-7-25/h4-5,11-13H,3,6-10H2,1-2H3,(H,24,26). The molecule has 1 aliphatic heterocycles. The molecule has 1 heterocycles. The Morgan fingerprint density at radius 1 is 1.21 bits per heavy atom. The largest absolute Gasteiger partial charge is 0.493 e. The van der Waals surface area contributed by atoms with Crippen LogP contribution in [0.5, 0.6) is 11.5 Å². The van der Waals surface area contributed by atoms with Gasteiger partial charge in [0.1, 0.15) is 0 Å². The van der Waals surface area contributed by atoms with E-state index >= 15 is 0 Å². The Morgan fingerprint density at radius 3 is 2.66 bits per heavy atom. The molecule has 8 heteroatoms. The zero-order valence-electron chi connectivity index (χ0n) is 16.5. The number of hydrogen-bond donors (Lipinski definition) is 1. The van der Waals surface area contributed by atoms with Crippen LogP contribution in [0.2, 0.25) is 10.0 Å². The molecule has 0 saturated carbocycles. The van der Waals surface area contributed by atoms with Crippen molar-refractivity contribution in [2.45, 2.75) is 13.3 Å². The number of amides is 1. The van der Waals surface area contributed by atoms with Crippen LogP contribution in [0.15, 0.2) is 30.3 Å². The van der Waals surface area contributed by atoms with Crippen molar-refractivity contribution in [1.82, 2.24) is 0 Å². The molecular formula is C21H24Cl2N2O4. The SMILES string of the molecule is CCCOc1c(Cl)cc(C(=O)Nc2cc(Cl)ccc2N2CCOCC2)cc1OC. The molecule has 0 atom stereocenters. The van der Waals surface area contributed by atoms with Gasteiger partial charge in [0.05, 0.1) is 43.3 Å². The summed E-state index contributed by atoms with van der Waals surface area (Å²) in [7, 11) is 1.51. The summed E-state index contributed by atoms with van der Waals surface area (Å²) in [5.74, 6) is 0.531. The van der Waals surface area contributed by atoms with Crippen LogP contribution in [0.25, 0.3) is 0 Å². The van der Waals surface area contributed by atoms with Gasteiger partial charge in [0.2, 0.25) is 0 Å². The highest BCUT2D eigenvalue weighted by Crippen LogP contribution is 2.37. The molecule has 0 aliphatic carbocycles. The van der Waals surface area contributed by atoms with Gasteiger partial charge in [-0.05, 0) is 36.8 Å². The molecular weight excluding hydrogens is 415 g/mol. The summed E-state index contributed by atoms with van der Waals surface area (Å²) in [6.45, 7) is 5.28. The molecule has 1 aliphatic rings. The molecule has 0 aromatic heterocycles. The van der Waals surface area contributed by atoms with E-state index in [0.717, 1.165) is 25.2 Å². The first-order valence-electron chi connectivity index (χ1n) is 9.47. The van der Waals surface area contributed by atoms with Crippen molar-refractivity contribution < 1.29 is 19.0 Å². The van der Waals surface area contributed by atoms with Gasteiger partial charge >= 0.3 is 0 Å². The minimum atomic E-state index is -0.316. The van der Waals surface area contributed by atoms with Crippen molar-refractivity contribution in [2.75, 3.05) is 50.2 Å². The first kappa shape index (κ1) is 21.6. The number of benzene rings is 2. The van der Waals surface area contributed by atoms with E-state index in [4.69, 9.17) is 37.4 Å². The second-order valence-corrected chi connectivity index (χ2v) is 7.40. The summed E-state index contributed by atoms with van der Waals surface area (Å²) in [6, 6.07) is 8.64. The number of carbonyl (C=O) groups excluding carboxylic acids is 1. The number of nitrogens with one attached hydrogen (secondary N) is 1. The summed E-state index contributed by atoms with van der Waals surface area (Å²) in [6.07, 6.45) is 0.834. The zero-order chi connectivity index (χ0) is 20.8. The summed E-state index contributed by atoms with van der Waals surface area (Å²) in [4.78, 5) is 15.1. The van der Waals surface area contributed by atoms with Gasteiger partial charge in [-0.1, -0.05) is 30.1 Å². The van der Waals surface area contributed by atoms with Gasteiger partial charge in [0, 0.05) is 23.7 Å². The van der Waals surface area contributed by atoms with Crippen LogP contribution in [0.3, 0.4) is 0 Å². The molecule has 2 aromatic carbocycles. The minimum Gasteiger partial charge on any atom is -0.493 e. The quantitative estimate of drug-likeness (QED) is 0.667. The Hall–Kier alpha value is -2.15. The lowest BCUT2D eigenvalue weighted by Crippen LogP contribution is -2.36. The van der Waals surface area contributed by atoms with Gasteiger partial charge in [-0.25, -0.2) is 0 Å². The number of nitrogens with zero attached hydrogens (tertiary/aromatic N) is 1. The number of rotatable bonds is 7. The molecule has 156 valence electrons. The highest BCUT2D eigenvalue weighted by atomic mass is 35.5. The molecule has 1 amide bonds. The predicted octanol–water partition coefficient (Wildman–Crippen LogP) is 4.88. The van der Waals surface area contributed by atoms with Crippen LogP contribution in [0.1, 0.15) is 23.7 Å². The average Bonchev–Trinajstić information content (AvgIpc) is 2.73. The molecule has 0 radical (unpaired) electrons. The van der Waals surface area contributed by atoms with E-state index in [1.807, 2.05) is 19.1 Å². The van der Waals surface area contributed by atoms with Gasteiger partial charge in [-0.3, -0.25) is 4.79 Å². The third-order valence-electron chi connectivity index (χ3n) is 4.50. The summed E-state index contributed by atoms with van der Waals surface area (Å²) >= 11 is 12.5. The molecule has 1 N–H and O–H groups in total. The summed E-state index contributed by atoms with van der Waals surface area (Å²) in [5.41, 5.74) is 1.89. The molecule has 6 nitrogen and oxygen atoms in total. The van der Waals surface area contributed by atoms with Crippen LogP contribution in [0.4, 0.5) is 11.4 Å². The maximum atomic E-state index is 13.0. The Kier molecular flexibility index (Phi) is 7.47. The predicted molar refractivity (Wildman–Crippen MR) is 116 cm³/mol. The Bertz CT molecular complexity index is 870. The Labute approximate surface area is 180 Å². The Morgan fingerprint density at radius 2 is 1.97 bits per heavy atom. The van der Waals surface area contributed by atoms with E-state index in [1.54, 1.807) is 18.2 Å². The number of carbonyl (C=O) groups is 1. The van der Waals surface area contributed by atoms with Crippen LogP contribution >= 0.6 is 23.2 Å². The van der Waals surface area contributed by atoms with Gasteiger partial charge in [-0.15, -0.1) is 0 Å². The first-order chi connectivity index (χ1) is 14.0. The number of ether oxygens (including phenoxy) is 3. The van der Waals surface area contributed by atoms with Gasteiger partial charge in [0.25, 0.3) is 5.91 Å². The number of halogens is 2. The van der Waals surface area contributed by atoms with E-state index in [2.05, 4.69) is 10.2 Å². The summed E-state index contributed by atoms with van der Waals surface area (Å²) < 4.78 is 16.4. The highest BCUT2D eigenvalue weighted by Gasteiger charge is 2.19. The van der Waals surface area contributed by atoms with Gasteiger partial charge < -0.3 is 24.4 Å². The lowest BCUT2D eigenvalue weighted by atomic mass is 10.1. The third-order valence-corrected chi connectivity index (χ3v) is 5.02. The molecule has 0 unspecified atom stereocenters. The van der Waals surface area contributed by atoms with Crippen molar-refractivity contribution >= 4 is 40.5 Å². The molecule has 0 spiro atoms. The maximum Gasteiger partial charge on any atom is 0.255 e. The number of hydrogen-bond acceptors (Lipinski definition) is 5. The lowest BCUT2D eigenvalue weighted by molar-refractivity contribution is 0.102. The van der Waals surface area contributed by atoms with E-state index in [1.165, 1.54) is 7.11 Å². The molecule has 1 saturated heterocycles. The van der Waals surface area contributed by atoms with Gasteiger partial charge in [-0.2, -0.15) is 0 Å². The van der Waals surface area contributed by atoms with Crippen LogP contribution in [-0.4, -0.2) is 45.9 Å². The number of anilines is 2. The maximum absolute atomic E-state index is 13.0. The van der Waals surface area contributed by atoms with Crippen LogP contribution in [-0.2, 0) is 4.74 Å². The molecule has 29 heavy (non-hydrogen) atoms. The van der Waals surface area contributed by atoms with Gasteiger partial charge in [0.15, 0.2) is 11.5 Å². The molecule has 1 fully saturated rings. The van der Waals surface area contributed by atoms with E-state index in [9.17, 15) is 4.79 Å². The molecule has 2 aromatic rings. The van der Waals surface area contributed by atoms with Crippen molar-refractivity contribution in [1.29, 1.82) is 0 Å². The second-order valence-electron chi connectivity index (χ2n) is 6.55. The normalized spacial score (nSPS) is 13.9. The topological polar surface area (TPSA) is 60.0 Å². The Balaban J connectivity index is 1.86. The number of methoxy groups -OCH3 is 1. The lowest BCUT2D eigenvalue weighted by Gasteiger charge is -2.30. The molecule has 3 rings (SSSR count). The van der Waals surface area contributed by atoms with E-state index in [-0.39, 0.29) is 5.91 Å². The van der Waals surface area contributed by atoms with Crippen molar-refractivity contribution in [3.05, 3.63) is 45.9 Å². The fourth-order valence-corrected chi connectivity index (χ4v) is 3.52. The highest BCUT2D eigenvalue weighted by molar-refractivity contribution is 6.33. The van der Waals surface area contributed by atoms with Crippen LogP contribution < -0.4 is 19.7 Å². The molecule has 0 bridgehead atoms. The number of morpholine rings is 1. The minimum absolute atomic E-state index is 0.316. The first-order valence-corrected chi connectivity index (χ1v) is 10.2. The van der Waals surface area contributed by atoms with E-state index in [0.29, 0.717) is 52.6 Å². The van der Waals surface area contributed by atoms with Crippen molar-refractivity contribution in [2.24, 2.45) is 0 Å². The van der Waals surface area contributed by atoms with Crippen molar-refractivity contribution in [3.8, 4) is 11.5 Å². The van der Waals surface area contributed by atoms with Crippen molar-refractivity contribution in [3.63, 3.8) is 0 Å². The average molecular weight is 439 g/mol. The fourth-order valence-electron chi connectivity index (χ4n) is 3.08. The third kappa shape index (κ3) is 5.26. The summed E-state index contributed by atoms with van der Waals surface area (Å²) in [5, 5.41) is 3.81. The zero-order valence-corrected chi connectivity index (χ0v) is 18.0. The van der Waals surface area contributed by atoms with E-state index < -0.39 is 0 Å². The monoisotopic (exact) mass is 438 g/mol. The second kappa shape index (κ2) is 10.1.